The van der Waals surface area contributed by atoms with Crippen LogP contribution in [-0.2, 0) is 12.8 Å². The zero-order valence-electron chi connectivity index (χ0n) is 18.5. The van der Waals surface area contributed by atoms with E-state index in [1.807, 2.05) is 25.3 Å². The van der Waals surface area contributed by atoms with E-state index >= 15 is 0 Å². The lowest BCUT2D eigenvalue weighted by molar-refractivity contribution is 0.186. The van der Waals surface area contributed by atoms with Crippen LogP contribution in [0.3, 0.4) is 0 Å². The fourth-order valence-electron chi connectivity index (χ4n) is 3.80. The molecule has 4 nitrogen and oxygen atoms in total. The lowest BCUT2D eigenvalue weighted by Gasteiger charge is -2.22. The lowest BCUT2D eigenvalue weighted by Crippen LogP contribution is -2.11. The van der Waals surface area contributed by atoms with Gasteiger partial charge in [-0.15, -0.1) is 0 Å². The van der Waals surface area contributed by atoms with Crippen molar-refractivity contribution in [1.82, 2.24) is 9.97 Å². The maximum atomic E-state index is 6.30. The summed E-state index contributed by atoms with van der Waals surface area (Å²) in [5.74, 6) is 1.66. The maximum Gasteiger partial charge on any atom is 0.129 e. The van der Waals surface area contributed by atoms with Crippen LogP contribution >= 0.6 is 0 Å². The summed E-state index contributed by atoms with van der Waals surface area (Å²) in [6.45, 7) is 9.16. The summed E-state index contributed by atoms with van der Waals surface area (Å²) in [6, 6.07) is 12.4. The first-order valence-electron chi connectivity index (χ1n) is 11.0. The van der Waals surface area contributed by atoms with Gasteiger partial charge < -0.3 is 9.47 Å². The van der Waals surface area contributed by atoms with E-state index < -0.39 is 0 Å². The third-order valence-electron chi connectivity index (χ3n) is 5.28. The first-order valence-corrected chi connectivity index (χ1v) is 11.0. The highest BCUT2D eigenvalue weighted by atomic mass is 16.5. The van der Waals surface area contributed by atoms with Gasteiger partial charge in [-0.2, -0.15) is 0 Å². The SMILES string of the molecule is CCCC(Oc1ccncc1)c1cnc(-c2c(CC)cccc2CC)cc1OCC. The van der Waals surface area contributed by atoms with Crippen LogP contribution in [0.25, 0.3) is 11.3 Å². The molecule has 0 aliphatic carbocycles. The van der Waals surface area contributed by atoms with Crippen molar-refractivity contribution in [2.75, 3.05) is 6.61 Å². The normalized spacial score (nSPS) is 11.9. The number of rotatable bonds is 10. The summed E-state index contributed by atoms with van der Waals surface area (Å²) in [7, 11) is 0. The first-order chi connectivity index (χ1) is 14.7. The summed E-state index contributed by atoms with van der Waals surface area (Å²) in [4.78, 5) is 8.96. The Morgan fingerprint density at radius 1 is 0.933 bits per heavy atom. The van der Waals surface area contributed by atoms with Crippen molar-refractivity contribution in [1.29, 1.82) is 0 Å². The quantitative estimate of drug-likeness (QED) is 0.382. The highest BCUT2D eigenvalue weighted by molar-refractivity contribution is 5.69. The smallest absolute Gasteiger partial charge is 0.129 e. The van der Waals surface area contributed by atoms with E-state index in [0.717, 1.165) is 48.4 Å². The molecule has 0 aliphatic rings. The molecule has 1 unspecified atom stereocenters. The Balaban J connectivity index is 2.05. The molecule has 3 aromatic rings. The van der Waals surface area contributed by atoms with Crippen LogP contribution in [0.5, 0.6) is 11.5 Å². The number of benzene rings is 1. The molecule has 3 rings (SSSR count). The fraction of sp³-hybridized carbons (Fsp3) is 0.385. The predicted octanol–water partition coefficient (Wildman–Crippen LogP) is 6.59. The molecule has 1 aromatic carbocycles. The molecule has 0 spiro atoms. The Morgan fingerprint density at radius 3 is 2.23 bits per heavy atom. The van der Waals surface area contributed by atoms with E-state index in [0.29, 0.717) is 6.61 Å². The molecule has 2 heterocycles. The monoisotopic (exact) mass is 404 g/mol. The van der Waals surface area contributed by atoms with Crippen molar-refractivity contribution in [3.63, 3.8) is 0 Å². The number of aromatic nitrogens is 2. The Labute approximate surface area is 180 Å². The second-order valence-electron chi connectivity index (χ2n) is 7.28. The summed E-state index contributed by atoms with van der Waals surface area (Å²) in [5, 5.41) is 0. The van der Waals surface area contributed by atoms with Gasteiger partial charge in [-0.05, 0) is 49.4 Å². The summed E-state index contributed by atoms with van der Waals surface area (Å²) < 4.78 is 12.4. The molecule has 4 heteroatoms. The number of hydrogen-bond donors (Lipinski definition) is 0. The van der Waals surface area contributed by atoms with Crippen LogP contribution < -0.4 is 9.47 Å². The van der Waals surface area contributed by atoms with Gasteiger partial charge in [0.15, 0.2) is 0 Å². The van der Waals surface area contributed by atoms with E-state index in [1.165, 1.54) is 16.7 Å². The zero-order chi connectivity index (χ0) is 21.3. The molecule has 0 fully saturated rings. The molecule has 2 aromatic heterocycles. The van der Waals surface area contributed by atoms with Gasteiger partial charge in [-0.1, -0.05) is 45.4 Å². The molecule has 0 radical (unpaired) electrons. The van der Waals surface area contributed by atoms with Crippen LogP contribution in [0.1, 0.15) is 63.3 Å². The molecule has 0 aliphatic heterocycles. The summed E-state index contributed by atoms with van der Waals surface area (Å²) in [5.41, 5.74) is 5.82. The standard InChI is InChI=1S/C26H32N2O2/c1-5-10-24(30-21-13-15-27-16-14-21)22-18-28-23(17-25(22)29-8-4)26-19(6-2)11-9-12-20(26)7-3/h9,11-18,24H,5-8,10H2,1-4H3. The van der Waals surface area contributed by atoms with Crippen molar-refractivity contribution in [3.05, 3.63) is 71.7 Å². The topological polar surface area (TPSA) is 44.2 Å². The molecule has 1 atom stereocenters. The number of aryl methyl sites for hydroxylation is 2. The molecule has 0 saturated heterocycles. The highest BCUT2D eigenvalue weighted by Gasteiger charge is 2.21. The minimum atomic E-state index is -0.118. The number of nitrogens with zero attached hydrogens (tertiary/aromatic N) is 2. The molecule has 0 N–H and O–H groups in total. The Hall–Kier alpha value is -2.88. The van der Waals surface area contributed by atoms with Crippen molar-refractivity contribution in [2.24, 2.45) is 0 Å². The Bertz CT molecular complexity index is 919. The zero-order valence-corrected chi connectivity index (χ0v) is 18.5. The third-order valence-corrected chi connectivity index (χ3v) is 5.28. The maximum absolute atomic E-state index is 6.30. The van der Waals surface area contributed by atoms with E-state index in [2.05, 4.69) is 50.0 Å². The van der Waals surface area contributed by atoms with E-state index in [1.54, 1.807) is 12.4 Å². The van der Waals surface area contributed by atoms with Gasteiger partial charge >= 0.3 is 0 Å². The van der Waals surface area contributed by atoms with E-state index in [-0.39, 0.29) is 6.10 Å². The van der Waals surface area contributed by atoms with Gasteiger partial charge in [0.2, 0.25) is 0 Å². The van der Waals surface area contributed by atoms with Crippen LogP contribution in [0.15, 0.2) is 55.0 Å². The number of hydrogen-bond acceptors (Lipinski definition) is 4. The molecule has 158 valence electrons. The summed E-state index contributed by atoms with van der Waals surface area (Å²) in [6.07, 6.45) is 9.15. The average Bonchev–Trinajstić information content (AvgIpc) is 2.79. The van der Waals surface area contributed by atoms with Crippen molar-refractivity contribution >= 4 is 0 Å². The number of pyridine rings is 2. The summed E-state index contributed by atoms with van der Waals surface area (Å²) >= 11 is 0. The van der Waals surface area contributed by atoms with Crippen LogP contribution in [0.2, 0.25) is 0 Å². The molecule has 0 saturated carbocycles. The Kier molecular flexibility index (Phi) is 7.83. The van der Waals surface area contributed by atoms with Gasteiger partial charge in [-0.25, -0.2) is 0 Å². The second-order valence-corrected chi connectivity index (χ2v) is 7.28. The fourth-order valence-corrected chi connectivity index (χ4v) is 3.80. The van der Waals surface area contributed by atoms with Crippen molar-refractivity contribution in [3.8, 4) is 22.8 Å². The van der Waals surface area contributed by atoms with Gasteiger partial charge in [0.25, 0.3) is 0 Å². The number of ether oxygens (including phenoxy) is 2. The predicted molar refractivity (Wildman–Crippen MR) is 122 cm³/mol. The van der Waals surface area contributed by atoms with E-state index in [4.69, 9.17) is 14.5 Å². The van der Waals surface area contributed by atoms with Crippen molar-refractivity contribution in [2.45, 2.75) is 59.5 Å². The van der Waals surface area contributed by atoms with Gasteiger partial charge in [0, 0.05) is 30.2 Å². The van der Waals surface area contributed by atoms with Gasteiger partial charge in [0.05, 0.1) is 17.9 Å². The largest absolute Gasteiger partial charge is 0.493 e. The molecular formula is C26H32N2O2. The van der Waals surface area contributed by atoms with Crippen LogP contribution in [-0.4, -0.2) is 16.6 Å². The van der Waals surface area contributed by atoms with Gasteiger partial charge in [0.1, 0.15) is 17.6 Å². The molecule has 0 amide bonds. The minimum absolute atomic E-state index is 0.118. The van der Waals surface area contributed by atoms with Gasteiger partial charge in [-0.3, -0.25) is 9.97 Å². The Morgan fingerprint density at radius 2 is 1.63 bits per heavy atom. The molecular weight excluding hydrogens is 372 g/mol. The molecule has 0 bridgehead atoms. The van der Waals surface area contributed by atoms with Crippen LogP contribution in [0, 0.1) is 0 Å². The van der Waals surface area contributed by atoms with Crippen molar-refractivity contribution < 1.29 is 9.47 Å². The second kappa shape index (κ2) is 10.8. The third kappa shape index (κ3) is 4.99. The highest BCUT2D eigenvalue weighted by Crippen LogP contribution is 2.36. The van der Waals surface area contributed by atoms with E-state index in [9.17, 15) is 0 Å². The first kappa shape index (κ1) is 21.8. The minimum Gasteiger partial charge on any atom is -0.493 e. The average molecular weight is 405 g/mol. The van der Waals surface area contributed by atoms with Crippen LogP contribution in [0.4, 0.5) is 0 Å². The lowest BCUT2D eigenvalue weighted by atomic mass is 9.94. The molecule has 30 heavy (non-hydrogen) atoms.